The summed E-state index contributed by atoms with van der Waals surface area (Å²) in [5, 5.41) is 9.21. The summed E-state index contributed by atoms with van der Waals surface area (Å²) in [5.41, 5.74) is 0.202. The molecule has 4 nitrogen and oxygen atoms in total. The smallest absolute Gasteiger partial charge is 0.320 e. The van der Waals surface area contributed by atoms with Crippen LogP contribution in [0.25, 0.3) is 0 Å². The topological polar surface area (TPSA) is 43.8 Å². The normalized spacial score (nSPS) is 32.2. The number of likely N-dealkylation sites (tertiary alicyclic amines) is 2. The van der Waals surface area contributed by atoms with Gasteiger partial charge in [0.15, 0.2) is 0 Å². The largest absolute Gasteiger partial charge is 0.480 e. The molecule has 0 saturated carbocycles. The molecule has 2 saturated heterocycles. The molecule has 0 aliphatic carbocycles. The molecule has 2 heterocycles. The summed E-state index contributed by atoms with van der Waals surface area (Å²) in [6.45, 7) is 9.76. The highest BCUT2D eigenvalue weighted by molar-refractivity contribution is 5.73. The van der Waals surface area contributed by atoms with E-state index in [9.17, 15) is 9.90 Å². The molecule has 2 fully saturated rings. The van der Waals surface area contributed by atoms with Gasteiger partial charge in [-0.25, -0.2) is 0 Å². The summed E-state index contributed by atoms with van der Waals surface area (Å²) < 4.78 is 0. The van der Waals surface area contributed by atoms with Gasteiger partial charge in [-0.1, -0.05) is 0 Å². The molecule has 0 aromatic rings. The molecule has 2 aliphatic heterocycles. The van der Waals surface area contributed by atoms with Gasteiger partial charge in [0, 0.05) is 24.7 Å². The van der Waals surface area contributed by atoms with E-state index in [1.807, 2.05) is 0 Å². The fourth-order valence-electron chi connectivity index (χ4n) is 3.11. The molecule has 0 aromatic heterocycles. The van der Waals surface area contributed by atoms with E-state index in [1.165, 1.54) is 0 Å². The highest BCUT2D eigenvalue weighted by Crippen LogP contribution is 2.28. The average Bonchev–Trinajstić information content (AvgIpc) is 2.85. The van der Waals surface area contributed by atoms with E-state index in [0.717, 1.165) is 38.9 Å². The molecule has 2 unspecified atom stereocenters. The van der Waals surface area contributed by atoms with Gasteiger partial charge in [0.25, 0.3) is 0 Å². The maximum atomic E-state index is 11.2. The summed E-state index contributed by atoms with van der Waals surface area (Å²) in [7, 11) is 0. The molecule has 2 rings (SSSR count). The minimum atomic E-state index is -0.642. The first-order valence-electron chi connectivity index (χ1n) is 6.63. The van der Waals surface area contributed by atoms with Crippen LogP contribution in [0.3, 0.4) is 0 Å². The van der Waals surface area contributed by atoms with Gasteiger partial charge in [0.1, 0.15) is 6.04 Å². The summed E-state index contributed by atoms with van der Waals surface area (Å²) in [5.74, 6) is -0.642. The SMILES string of the molecule is CC(C)(C)N1CCC(N2CCCC2C(=O)O)C1. The van der Waals surface area contributed by atoms with Crippen molar-refractivity contribution in [1.82, 2.24) is 9.80 Å². The van der Waals surface area contributed by atoms with Gasteiger partial charge in [-0.05, 0) is 46.6 Å². The van der Waals surface area contributed by atoms with Gasteiger partial charge in [-0.3, -0.25) is 14.6 Å². The molecule has 1 N–H and O–H groups in total. The van der Waals surface area contributed by atoms with Gasteiger partial charge in [-0.15, -0.1) is 0 Å². The van der Waals surface area contributed by atoms with Crippen molar-refractivity contribution in [3.8, 4) is 0 Å². The van der Waals surface area contributed by atoms with Crippen LogP contribution in [0.2, 0.25) is 0 Å². The fourth-order valence-corrected chi connectivity index (χ4v) is 3.11. The van der Waals surface area contributed by atoms with E-state index in [2.05, 4.69) is 30.6 Å². The molecule has 4 heteroatoms. The average molecular weight is 240 g/mol. The predicted molar refractivity (Wildman–Crippen MR) is 67.1 cm³/mol. The highest BCUT2D eigenvalue weighted by atomic mass is 16.4. The van der Waals surface area contributed by atoms with Crippen molar-refractivity contribution in [3.05, 3.63) is 0 Å². The van der Waals surface area contributed by atoms with Crippen LogP contribution in [0.15, 0.2) is 0 Å². The molecule has 0 amide bonds. The zero-order chi connectivity index (χ0) is 12.6. The predicted octanol–water partition coefficient (Wildman–Crippen LogP) is 1.41. The second-order valence-electron chi connectivity index (χ2n) is 6.29. The number of rotatable bonds is 2. The summed E-state index contributed by atoms with van der Waals surface area (Å²) in [4.78, 5) is 15.9. The van der Waals surface area contributed by atoms with Gasteiger partial charge in [0.2, 0.25) is 0 Å². The minimum absolute atomic E-state index is 0.202. The van der Waals surface area contributed by atoms with E-state index >= 15 is 0 Å². The Hall–Kier alpha value is -0.610. The van der Waals surface area contributed by atoms with Crippen molar-refractivity contribution < 1.29 is 9.90 Å². The Morgan fingerprint density at radius 2 is 1.94 bits per heavy atom. The van der Waals surface area contributed by atoms with E-state index < -0.39 is 5.97 Å². The Kier molecular flexibility index (Phi) is 3.46. The maximum absolute atomic E-state index is 11.2. The van der Waals surface area contributed by atoms with Crippen molar-refractivity contribution in [1.29, 1.82) is 0 Å². The molecule has 0 bridgehead atoms. The van der Waals surface area contributed by atoms with Crippen molar-refractivity contribution in [2.75, 3.05) is 19.6 Å². The van der Waals surface area contributed by atoms with Gasteiger partial charge < -0.3 is 5.11 Å². The minimum Gasteiger partial charge on any atom is -0.480 e. The van der Waals surface area contributed by atoms with Crippen LogP contribution < -0.4 is 0 Å². The second kappa shape index (κ2) is 4.58. The number of hydrogen-bond acceptors (Lipinski definition) is 3. The van der Waals surface area contributed by atoms with E-state index in [4.69, 9.17) is 0 Å². The molecule has 2 atom stereocenters. The summed E-state index contributed by atoms with van der Waals surface area (Å²) in [6.07, 6.45) is 2.96. The quantitative estimate of drug-likeness (QED) is 0.792. The van der Waals surface area contributed by atoms with Crippen LogP contribution in [0.1, 0.15) is 40.0 Å². The molecule has 0 radical (unpaired) electrons. The Balaban J connectivity index is 1.98. The molecule has 0 aromatic carbocycles. The molecule has 17 heavy (non-hydrogen) atoms. The first-order valence-corrected chi connectivity index (χ1v) is 6.63. The van der Waals surface area contributed by atoms with E-state index in [1.54, 1.807) is 0 Å². The summed E-state index contributed by atoms with van der Waals surface area (Å²) >= 11 is 0. The van der Waals surface area contributed by atoms with Gasteiger partial charge >= 0.3 is 5.97 Å². The van der Waals surface area contributed by atoms with Crippen molar-refractivity contribution in [2.24, 2.45) is 0 Å². The number of aliphatic carboxylic acids is 1. The van der Waals surface area contributed by atoms with Crippen LogP contribution in [0.4, 0.5) is 0 Å². The molecule has 0 spiro atoms. The number of carbonyl (C=O) groups is 1. The van der Waals surface area contributed by atoms with Crippen molar-refractivity contribution in [3.63, 3.8) is 0 Å². The standard InChI is InChI=1S/C13H24N2O2/c1-13(2,3)14-8-6-10(9-14)15-7-4-5-11(15)12(16)17/h10-11H,4-9H2,1-3H3,(H,16,17). The van der Waals surface area contributed by atoms with Crippen LogP contribution in [-0.4, -0.2) is 58.1 Å². The monoisotopic (exact) mass is 240 g/mol. The summed E-state index contributed by atoms with van der Waals surface area (Å²) in [6, 6.07) is 0.206. The third-order valence-corrected chi connectivity index (χ3v) is 4.16. The lowest BCUT2D eigenvalue weighted by Gasteiger charge is -2.33. The van der Waals surface area contributed by atoms with Crippen LogP contribution in [0, 0.1) is 0 Å². The number of carboxylic acids is 1. The van der Waals surface area contributed by atoms with E-state index in [-0.39, 0.29) is 11.6 Å². The van der Waals surface area contributed by atoms with Gasteiger partial charge in [0.05, 0.1) is 0 Å². The lowest BCUT2D eigenvalue weighted by Crippen LogP contribution is -2.46. The van der Waals surface area contributed by atoms with E-state index in [0.29, 0.717) is 6.04 Å². The van der Waals surface area contributed by atoms with Crippen LogP contribution in [0.5, 0.6) is 0 Å². The maximum Gasteiger partial charge on any atom is 0.320 e. The molecule has 98 valence electrons. The molecule has 2 aliphatic rings. The second-order valence-corrected chi connectivity index (χ2v) is 6.29. The number of carboxylic acid groups (broad SMARTS) is 1. The fraction of sp³-hybridized carbons (Fsp3) is 0.923. The van der Waals surface area contributed by atoms with Crippen LogP contribution in [-0.2, 0) is 4.79 Å². The van der Waals surface area contributed by atoms with Crippen molar-refractivity contribution in [2.45, 2.75) is 57.7 Å². The lowest BCUT2D eigenvalue weighted by atomic mass is 10.1. The number of nitrogens with zero attached hydrogens (tertiary/aromatic N) is 2. The zero-order valence-corrected chi connectivity index (χ0v) is 11.1. The van der Waals surface area contributed by atoms with Crippen molar-refractivity contribution >= 4 is 5.97 Å². The number of hydrogen-bond donors (Lipinski definition) is 1. The highest BCUT2D eigenvalue weighted by Gasteiger charge is 2.40. The van der Waals surface area contributed by atoms with Gasteiger partial charge in [-0.2, -0.15) is 0 Å². The molecular formula is C13H24N2O2. The third-order valence-electron chi connectivity index (χ3n) is 4.16. The Labute approximate surface area is 104 Å². The first-order chi connectivity index (χ1) is 7.89. The lowest BCUT2D eigenvalue weighted by molar-refractivity contribution is -0.142. The Bertz CT molecular complexity index is 298. The first kappa shape index (κ1) is 12.8. The zero-order valence-electron chi connectivity index (χ0n) is 11.1. The van der Waals surface area contributed by atoms with Crippen LogP contribution >= 0.6 is 0 Å². The third kappa shape index (κ3) is 2.63. The molecular weight excluding hydrogens is 216 g/mol. The Morgan fingerprint density at radius 1 is 1.24 bits per heavy atom. The Morgan fingerprint density at radius 3 is 2.47 bits per heavy atom.